The molecule has 6 heteroatoms. The third-order valence-electron chi connectivity index (χ3n) is 3.71. The van der Waals surface area contributed by atoms with Gasteiger partial charge in [-0.2, -0.15) is 0 Å². The number of fused-ring (bicyclic) bond motifs is 1. The Morgan fingerprint density at radius 2 is 1.96 bits per heavy atom. The molecule has 0 fully saturated rings. The number of aryl methyl sites for hydroxylation is 1. The first-order valence-corrected chi connectivity index (χ1v) is 8.22. The van der Waals surface area contributed by atoms with Crippen molar-refractivity contribution in [3.8, 4) is 5.75 Å². The van der Waals surface area contributed by atoms with E-state index in [-0.39, 0.29) is 18.6 Å². The van der Waals surface area contributed by atoms with Crippen molar-refractivity contribution in [3.05, 3.63) is 33.9 Å². The molecule has 1 aromatic heterocycles. The first-order chi connectivity index (χ1) is 10.8. The summed E-state index contributed by atoms with van der Waals surface area (Å²) in [6.07, 6.45) is 0. The maximum Gasteiger partial charge on any atom is 0.258 e. The van der Waals surface area contributed by atoms with Crippen molar-refractivity contribution in [2.24, 2.45) is 5.92 Å². The lowest BCUT2D eigenvalue weighted by Gasteiger charge is -2.18. The summed E-state index contributed by atoms with van der Waals surface area (Å²) in [5.74, 6) is 0.531. The van der Waals surface area contributed by atoms with Crippen LogP contribution in [-0.2, 0) is 4.79 Å². The molecule has 0 aliphatic heterocycles. The Bertz CT molecular complexity index is 732. The maximum absolute atomic E-state index is 12.0. The number of benzene rings is 1. The van der Waals surface area contributed by atoms with E-state index < -0.39 is 0 Å². The van der Waals surface area contributed by atoms with Gasteiger partial charge in [0.25, 0.3) is 5.91 Å². The number of carbonyl (C=O) groups excluding carboxylic acids is 1. The fourth-order valence-electron chi connectivity index (χ4n) is 2.03. The number of halogens is 2. The average molecular weight is 355 g/mol. The number of ether oxygens (including phenoxy) is 1. The molecule has 1 heterocycles. The second kappa shape index (κ2) is 7.37. The summed E-state index contributed by atoms with van der Waals surface area (Å²) in [5, 5.41) is 4.47. The van der Waals surface area contributed by atoms with Crippen molar-refractivity contribution < 1.29 is 9.53 Å². The Morgan fingerprint density at radius 1 is 1.26 bits per heavy atom. The van der Waals surface area contributed by atoms with Crippen LogP contribution in [0.2, 0.25) is 10.0 Å². The molecule has 1 unspecified atom stereocenters. The van der Waals surface area contributed by atoms with E-state index in [4.69, 9.17) is 27.9 Å². The number of nitrogens with one attached hydrogen (secondary N) is 1. The molecule has 0 aliphatic carbocycles. The lowest BCUT2D eigenvalue weighted by molar-refractivity contribution is -0.123. The van der Waals surface area contributed by atoms with Crippen LogP contribution >= 0.6 is 23.2 Å². The minimum absolute atomic E-state index is 0.0731. The third kappa shape index (κ3) is 4.27. The number of amides is 1. The lowest BCUT2D eigenvalue weighted by atomic mass is 10.1. The van der Waals surface area contributed by atoms with E-state index in [1.54, 1.807) is 6.07 Å². The first kappa shape index (κ1) is 17.8. The summed E-state index contributed by atoms with van der Waals surface area (Å²) in [5.41, 5.74) is 1.38. The molecule has 1 N–H and O–H groups in total. The number of pyridine rings is 1. The summed E-state index contributed by atoms with van der Waals surface area (Å²) in [4.78, 5) is 16.4. The Balaban J connectivity index is 2.23. The topological polar surface area (TPSA) is 51.2 Å². The average Bonchev–Trinajstić information content (AvgIpc) is 2.46. The van der Waals surface area contributed by atoms with Gasteiger partial charge in [-0.3, -0.25) is 4.79 Å². The van der Waals surface area contributed by atoms with Gasteiger partial charge in [-0.1, -0.05) is 37.0 Å². The van der Waals surface area contributed by atoms with Crippen LogP contribution in [0.3, 0.4) is 0 Å². The van der Waals surface area contributed by atoms with E-state index in [1.807, 2.05) is 39.8 Å². The van der Waals surface area contributed by atoms with Crippen molar-refractivity contribution in [1.82, 2.24) is 10.3 Å². The summed E-state index contributed by atoms with van der Waals surface area (Å²) in [6.45, 7) is 7.79. The van der Waals surface area contributed by atoms with Crippen LogP contribution in [0.15, 0.2) is 18.2 Å². The van der Waals surface area contributed by atoms with Crippen molar-refractivity contribution in [2.45, 2.75) is 33.7 Å². The monoisotopic (exact) mass is 354 g/mol. The highest BCUT2D eigenvalue weighted by atomic mass is 35.5. The molecule has 1 atom stereocenters. The normalized spacial score (nSPS) is 12.5. The van der Waals surface area contributed by atoms with Crippen molar-refractivity contribution in [1.29, 1.82) is 0 Å². The molecule has 0 saturated heterocycles. The minimum Gasteiger partial charge on any atom is -0.480 e. The quantitative estimate of drug-likeness (QED) is 0.865. The predicted molar refractivity (Wildman–Crippen MR) is 94.4 cm³/mol. The fraction of sp³-hybridized carbons (Fsp3) is 0.412. The fourth-order valence-corrected chi connectivity index (χ4v) is 2.60. The molecule has 0 radical (unpaired) electrons. The Kier molecular flexibility index (Phi) is 5.71. The Hall–Kier alpha value is -1.52. The lowest BCUT2D eigenvalue weighted by Crippen LogP contribution is -2.39. The molecule has 0 bridgehead atoms. The molecule has 2 aromatic rings. The number of rotatable bonds is 5. The second-order valence-corrected chi connectivity index (χ2v) is 6.72. The van der Waals surface area contributed by atoms with Crippen LogP contribution in [-0.4, -0.2) is 23.5 Å². The summed E-state index contributed by atoms with van der Waals surface area (Å²) < 4.78 is 5.64. The number of carbonyl (C=O) groups is 1. The first-order valence-electron chi connectivity index (χ1n) is 7.47. The Labute approximate surface area is 146 Å². The molecular weight excluding hydrogens is 335 g/mol. The molecule has 0 saturated carbocycles. The van der Waals surface area contributed by atoms with Crippen LogP contribution in [0.5, 0.6) is 5.75 Å². The van der Waals surface area contributed by atoms with Gasteiger partial charge >= 0.3 is 0 Å². The van der Waals surface area contributed by atoms with Gasteiger partial charge in [0.15, 0.2) is 12.4 Å². The van der Waals surface area contributed by atoms with E-state index in [9.17, 15) is 4.79 Å². The number of hydrogen-bond acceptors (Lipinski definition) is 3. The zero-order valence-corrected chi connectivity index (χ0v) is 15.1. The standard InChI is InChI=1S/C17H20Cl2N2O2/c1-9(2)11(4)21-15(22)8-23-17-14(19)7-13(18)12-6-5-10(3)20-16(12)17/h5-7,9,11H,8H2,1-4H3,(H,21,22). The SMILES string of the molecule is Cc1ccc2c(Cl)cc(Cl)c(OCC(=O)NC(C)C(C)C)c2n1. The molecule has 124 valence electrons. The predicted octanol–water partition coefficient (Wildman–Crippen LogP) is 4.39. The van der Waals surface area contributed by atoms with Gasteiger partial charge in [-0.15, -0.1) is 0 Å². The van der Waals surface area contributed by atoms with Crippen LogP contribution in [0, 0.1) is 12.8 Å². The van der Waals surface area contributed by atoms with Gasteiger partial charge in [0.05, 0.1) is 10.0 Å². The summed E-state index contributed by atoms with van der Waals surface area (Å²) in [6, 6.07) is 5.41. The minimum atomic E-state index is -0.196. The molecule has 23 heavy (non-hydrogen) atoms. The van der Waals surface area contributed by atoms with E-state index in [2.05, 4.69) is 10.3 Å². The number of nitrogens with zero attached hydrogens (tertiary/aromatic N) is 1. The molecule has 0 spiro atoms. The van der Waals surface area contributed by atoms with Crippen LogP contribution < -0.4 is 10.1 Å². The molecule has 0 aliphatic rings. The number of hydrogen-bond donors (Lipinski definition) is 1. The van der Waals surface area contributed by atoms with Gasteiger partial charge in [0, 0.05) is 17.1 Å². The van der Waals surface area contributed by atoms with Crippen LogP contribution in [0.4, 0.5) is 0 Å². The molecule has 1 amide bonds. The molecule has 1 aromatic carbocycles. The van der Waals surface area contributed by atoms with E-state index in [0.717, 1.165) is 11.1 Å². The van der Waals surface area contributed by atoms with Gasteiger partial charge in [0.2, 0.25) is 0 Å². The van der Waals surface area contributed by atoms with Gasteiger partial charge in [0.1, 0.15) is 5.52 Å². The highest BCUT2D eigenvalue weighted by Gasteiger charge is 2.16. The van der Waals surface area contributed by atoms with Gasteiger partial charge in [-0.05, 0) is 38.0 Å². The highest BCUT2D eigenvalue weighted by molar-refractivity contribution is 6.39. The van der Waals surface area contributed by atoms with Crippen molar-refractivity contribution in [3.63, 3.8) is 0 Å². The maximum atomic E-state index is 12.0. The Morgan fingerprint density at radius 3 is 2.61 bits per heavy atom. The smallest absolute Gasteiger partial charge is 0.258 e. The zero-order valence-electron chi connectivity index (χ0n) is 13.6. The summed E-state index contributed by atoms with van der Waals surface area (Å²) >= 11 is 12.4. The highest BCUT2D eigenvalue weighted by Crippen LogP contribution is 2.37. The van der Waals surface area contributed by atoms with Crippen LogP contribution in [0.25, 0.3) is 10.9 Å². The molecular formula is C17H20Cl2N2O2. The molecule has 4 nitrogen and oxygen atoms in total. The van der Waals surface area contributed by atoms with Crippen LogP contribution in [0.1, 0.15) is 26.5 Å². The van der Waals surface area contributed by atoms with Gasteiger partial charge in [-0.25, -0.2) is 4.98 Å². The number of aromatic nitrogens is 1. The summed E-state index contributed by atoms with van der Waals surface area (Å²) in [7, 11) is 0. The second-order valence-electron chi connectivity index (χ2n) is 5.91. The van der Waals surface area contributed by atoms with E-state index in [0.29, 0.717) is 27.2 Å². The largest absolute Gasteiger partial charge is 0.480 e. The van der Waals surface area contributed by atoms with E-state index >= 15 is 0 Å². The van der Waals surface area contributed by atoms with Crippen molar-refractivity contribution >= 4 is 40.0 Å². The molecule has 2 rings (SSSR count). The van der Waals surface area contributed by atoms with Crippen molar-refractivity contribution in [2.75, 3.05) is 6.61 Å². The zero-order chi connectivity index (χ0) is 17.1. The third-order valence-corrected chi connectivity index (χ3v) is 4.31. The van der Waals surface area contributed by atoms with Gasteiger partial charge < -0.3 is 10.1 Å². The van der Waals surface area contributed by atoms with E-state index in [1.165, 1.54) is 0 Å².